The number of anilines is 1. The van der Waals surface area contributed by atoms with Gasteiger partial charge in [-0.3, -0.25) is 14.4 Å². The van der Waals surface area contributed by atoms with Gasteiger partial charge >= 0.3 is 17.6 Å². The summed E-state index contributed by atoms with van der Waals surface area (Å²) in [5.41, 5.74) is 1.06. The maximum Gasteiger partial charge on any atom is 0.333 e. The summed E-state index contributed by atoms with van der Waals surface area (Å²) in [5.74, 6) is -5.15. The largest absolute Gasteiger partial charge is 0.465 e. The van der Waals surface area contributed by atoms with Crippen LogP contribution in [0.4, 0.5) is 5.69 Å². The van der Waals surface area contributed by atoms with Crippen LogP contribution in [0.3, 0.4) is 0 Å². The number of rotatable bonds is 15. The minimum Gasteiger partial charge on any atom is -0.465 e. The fourth-order valence-electron chi connectivity index (χ4n) is 3.34. The molecule has 0 aliphatic carbocycles. The van der Waals surface area contributed by atoms with Gasteiger partial charge in [-0.1, -0.05) is 45.6 Å². The molecule has 1 unspecified atom stereocenters. The molecule has 1 heterocycles. The maximum atomic E-state index is 12.9. The molecule has 0 spiro atoms. The monoisotopic (exact) mass is 502 g/mol. The van der Waals surface area contributed by atoms with Gasteiger partial charge in [0.05, 0.1) is 24.2 Å². The Bertz CT molecular complexity index is 1130. The van der Waals surface area contributed by atoms with E-state index in [9.17, 15) is 24.0 Å². The molecule has 11 heteroatoms. The molecule has 0 fully saturated rings. The Morgan fingerprint density at radius 3 is 2.36 bits per heavy atom. The number of fused-ring (bicyclic) bond motifs is 1. The van der Waals surface area contributed by atoms with Gasteiger partial charge in [-0.15, -0.1) is 0 Å². The third-order valence-electron chi connectivity index (χ3n) is 5.27. The van der Waals surface area contributed by atoms with E-state index in [1.165, 1.54) is 19.1 Å². The van der Waals surface area contributed by atoms with Crippen molar-refractivity contribution in [2.45, 2.75) is 52.4 Å². The highest BCUT2D eigenvalue weighted by molar-refractivity contribution is 6.19. The van der Waals surface area contributed by atoms with E-state index in [0.717, 1.165) is 32.1 Å². The zero-order valence-electron chi connectivity index (χ0n) is 20.7. The molecule has 0 radical (unpaired) electrons. The molecule has 0 bridgehead atoms. The highest BCUT2D eigenvalue weighted by atomic mass is 16.5. The smallest absolute Gasteiger partial charge is 0.333 e. The van der Waals surface area contributed by atoms with Gasteiger partial charge in [-0.25, -0.2) is 9.59 Å². The van der Waals surface area contributed by atoms with Crippen molar-refractivity contribution in [2.75, 3.05) is 25.1 Å². The predicted molar refractivity (Wildman–Crippen MR) is 134 cm³/mol. The van der Waals surface area contributed by atoms with Crippen molar-refractivity contribution in [3.63, 3.8) is 0 Å². The number of hydrogen-bond acceptors (Lipinski definition) is 7. The zero-order valence-corrected chi connectivity index (χ0v) is 20.7. The molecular formula is C25H34N4O7. The topological polar surface area (TPSA) is 159 Å². The molecule has 2 aromatic rings. The Kier molecular flexibility index (Phi) is 11.4. The maximum absolute atomic E-state index is 12.9. The van der Waals surface area contributed by atoms with Crippen LogP contribution in [0.2, 0.25) is 0 Å². The SMILES string of the molecule is C=C(C)C(=O)OCCNC(=O)C(C(=O)Nc1ccc2[nH]c(=O)[nH]c2c1)C(=O)OCCCCCCCC. The van der Waals surface area contributed by atoms with Gasteiger partial charge in [0.25, 0.3) is 0 Å². The van der Waals surface area contributed by atoms with Gasteiger partial charge < -0.3 is 30.1 Å². The predicted octanol–water partition coefficient (Wildman–Crippen LogP) is 2.55. The first-order valence-corrected chi connectivity index (χ1v) is 12.0. The standard InChI is InChI=1S/C25H34N4O7/c1-4-5-6-7-8-9-13-35-24(33)20(21(30)26-12-14-36-23(32)16(2)3)22(31)27-17-10-11-18-19(15-17)29-25(34)28-18/h10-11,15,20H,2,4-9,12-14H2,1,3H3,(H,26,30)(H,27,31)(H2,28,29,34). The second kappa shape index (κ2) is 14.5. The first-order valence-electron chi connectivity index (χ1n) is 12.0. The first-order chi connectivity index (χ1) is 17.2. The average molecular weight is 503 g/mol. The van der Waals surface area contributed by atoms with Gasteiger partial charge in [0, 0.05) is 11.3 Å². The number of benzene rings is 1. The number of aromatic nitrogens is 2. The van der Waals surface area contributed by atoms with Crippen LogP contribution in [-0.2, 0) is 28.7 Å². The van der Waals surface area contributed by atoms with Gasteiger partial charge in [0.2, 0.25) is 17.7 Å². The number of imidazole rings is 1. The number of aromatic amines is 2. The van der Waals surface area contributed by atoms with Gasteiger partial charge in [-0.2, -0.15) is 0 Å². The second-order valence-electron chi connectivity index (χ2n) is 8.40. The Balaban J connectivity index is 2.01. The number of H-pyrrole nitrogens is 2. The van der Waals surface area contributed by atoms with E-state index in [4.69, 9.17) is 9.47 Å². The lowest BCUT2D eigenvalue weighted by atomic mass is 10.1. The van der Waals surface area contributed by atoms with Crippen LogP contribution in [0.25, 0.3) is 11.0 Å². The second-order valence-corrected chi connectivity index (χ2v) is 8.40. The minimum absolute atomic E-state index is 0.0921. The lowest BCUT2D eigenvalue weighted by molar-refractivity contribution is -0.155. The van der Waals surface area contributed by atoms with Crippen LogP contribution < -0.4 is 16.3 Å². The molecular weight excluding hydrogens is 468 g/mol. The molecule has 1 atom stereocenters. The normalized spacial score (nSPS) is 11.5. The van der Waals surface area contributed by atoms with Crippen molar-refractivity contribution in [3.05, 3.63) is 40.8 Å². The molecule has 2 rings (SSSR count). The number of amides is 2. The van der Waals surface area contributed by atoms with E-state index in [2.05, 4.69) is 34.1 Å². The van der Waals surface area contributed by atoms with E-state index in [1.54, 1.807) is 6.07 Å². The zero-order chi connectivity index (χ0) is 26.5. The molecule has 1 aromatic heterocycles. The summed E-state index contributed by atoms with van der Waals surface area (Å²) in [6, 6.07) is 4.60. The highest BCUT2D eigenvalue weighted by Gasteiger charge is 2.35. The first kappa shape index (κ1) is 28.3. The molecule has 0 saturated carbocycles. The van der Waals surface area contributed by atoms with Crippen LogP contribution in [0, 0.1) is 5.92 Å². The van der Waals surface area contributed by atoms with Crippen molar-refractivity contribution < 1.29 is 28.7 Å². The number of esters is 2. The molecule has 0 saturated heterocycles. The number of carbonyl (C=O) groups is 4. The highest BCUT2D eigenvalue weighted by Crippen LogP contribution is 2.16. The summed E-state index contributed by atoms with van der Waals surface area (Å²) in [4.78, 5) is 66.4. The summed E-state index contributed by atoms with van der Waals surface area (Å²) in [6.07, 6.45) is 5.89. The van der Waals surface area contributed by atoms with Crippen molar-refractivity contribution in [1.82, 2.24) is 15.3 Å². The van der Waals surface area contributed by atoms with Crippen molar-refractivity contribution in [3.8, 4) is 0 Å². The van der Waals surface area contributed by atoms with Crippen LogP contribution in [0.1, 0.15) is 52.4 Å². The number of carbonyl (C=O) groups excluding carboxylic acids is 4. The van der Waals surface area contributed by atoms with E-state index in [0.29, 0.717) is 17.5 Å². The van der Waals surface area contributed by atoms with Crippen LogP contribution in [0.15, 0.2) is 35.1 Å². The van der Waals surface area contributed by atoms with Gasteiger partial charge in [0.1, 0.15) is 6.61 Å². The van der Waals surface area contributed by atoms with E-state index < -0.39 is 35.4 Å². The third-order valence-corrected chi connectivity index (χ3v) is 5.27. The van der Waals surface area contributed by atoms with Crippen LogP contribution in [0.5, 0.6) is 0 Å². The van der Waals surface area contributed by atoms with Gasteiger partial charge in [-0.05, 0) is 31.5 Å². The van der Waals surface area contributed by atoms with Crippen molar-refractivity contribution >= 4 is 40.5 Å². The Morgan fingerprint density at radius 1 is 0.944 bits per heavy atom. The minimum atomic E-state index is -1.78. The molecule has 0 aliphatic rings. The molecule has 4 N–H and O–H groups in total. The Morgan fingerprint density at radius 2 is 1.64 bits per heavy atom. The summed E-state index contributed by atoms with van der Waals surface area (Å²) in [5, 5.41) is 4.94. The molecule has 11 nitrogen and oxygen atoms in total. The number of unbranched alkanes of at least 4 members (excludes halogenated alkanes) is 5. The summed E-state index contributed by atoms with van der Waals surface area (Å²) in [7, 11) is 0. The summed E-state index contributed by atoms with van der Waals surface area (Å²) < 4.78 is 10.1. The molecule has 2 amide bonds. The summed E-state index contributed by atoms with van der Waals surface area (Å²) >= 11 is 0. The van der Waals surface area contributed by atoms with Crippen LogP contribution >= 0.6 is 0 Å². The number of nitrogens with one attached hydrogen (secondary N) is 4. The average Bonchev–Trinajstić information content (AvgIpc) is 3.20. The molecule has 196 valence electrons. The lowest BCUT2D eigenvalue weighted by Crippen LogP contribution is -2.44. The fourth-order valence-corrected chi connectivity index (χ4v) is 3.34. The summed E-state index contributed by atoms with van der Waals surface area (Å²) in [6.45, 7) is 6.90. The number of ether oxygens (including phenoxy) is 2. The number of hydrogen-bond donors (Lipinski definition) is 4. The van der Waals surface area contributed by atoms with Crippen LogP contribution in [-0.4, -0.2) is 53.5 Å². The molecule has 1 aromatic carbocycles. The van der Waals surface area contributed by atoms with E-state index in [1.807, 2.05) is 0 Å². The molecule has 0 aliphatic heterocycles. The van der Waals surface area contributed by atoms with Gasteiger partial charge in [0.15, 0.2) is 0 Å². The van der Waals surface area contributed by atoms with Crippen molar-refractivity contribution in [1.29, 1.82) is 0 Å². The molecule has 36 heavy (non-hydrogen) atoms. The van der Waals surface area contributed by atoms with E-state index in [-0.39, 0.29) is 31.0 Å². The fraction of sp³-hybridized carbons (Fsp3) is 0.480. The Labute approximate surface area is 209 Å². The third kappa shape index (κ3) is 9.05. The quantitative estimate of drug-likeness (QED) is 0.126. The van der Waals surface area contributed by atoms with E-state index >= 15 is 0 Å². The lowest BCUT2D eigenvalue weighted by Gasteiger charge is -2.16. The Hall–Kier alpha value is -3.89. The van der Waals surface area contributed by atoms with Crippen molar-refractivity contribution in [2.24, 2.45) is 5.92 Å².